The van der Waals surface area contributed by atoms with Gasteiger partial charge in [0.1, 0.15) is 16.5 Å². The van der Waals surface area contributed by atoms with Gasteiger partial charge in [0.25, 0.3) is 0 Å². The van der Waals surface area contributed by atoms with Gasteiger partial charge in [0.2, 0.25) is 5.91 Å². The Morgan fingerprint density at radius 3 is 2.64 bits per heavy atom. The van der Waals surface area contributed by atoms with Crippen LogP contribution in [-0.4, -0.2) is 43.2 Å². The standard InChI is InChI=1S/C25H28N4O3S/c1-17-6-9-20(10-7-17)33-25-23(26-12-13-27-25)29-14-4-5-18(16-29)24(30)28-21-11-8-19(31-2)15-22(21)32-3/h6-13,15,18H,4-5,14,16H2,1-3H3,(H,28,30). The second-order valence-corrected chi connectivity index (χ2v) is 9.00. The minimum absolute atomic E-state index is 0.0280. The third-order valence-electron chi connectivity index (χ3n) is 5.64. The maximum atomic E-state index is 13.1. The van der Waals surface area contributed by atoms with Gasteiger partial charge in [-0.15, -0.1) is 0 Å². The van der Waals surface area contributed by atoms with Crippen molar-refractivity contribution in [3.63, 3.8) is 0 Å². The molecule has 1 aromatic heterocycles. The van der Waals surface area contributed by atoms with E-state index in [-0.39, 0.29) is 11.8 Å². The fourth-order valence-corrected chi connectivity index (χ4v) is 4.73. The second kappa shape index (κ2) is 10.6. The third-order valence-corrected chi connectivity index (χ3v) is 6.63. The molecule has 1 amide bonds. The van der Waals surface area contributed by atoms with Crippen LogP contribution < -0.4 is 19.7 Å². The Labute approximate surface area is 198 Å². The predicted octanol–water partition coefficient (Wildman–Crippen LogP) is 4.81. The van der Waals surface area contributed by atoms with Crippen LogP contribution in [0.15, 0.2) is 64.8 Å². The first-order valence-corrected chi connectivity index (χ1v) is 11.7. The lowest BCUT2D eigenvalue weighted by Gasteiger charge is -2.33. The van der Waals surface area contributed by atoms with Crippen molar-refractivity contribution in [1.29, 1.82) is 0 Å². The van der Waals surface area contributed by atoms with Gasteiger partial charge >= 0.3 is 0 Å². The van der Waals surface area contributed by atoms with Crippen molar-refractivity contribution in [3.05, 3.63) is 60.4 Å². The molecule has 2 aromatic carbocycles. The van der Waals surface area contributed by atoms with Gasteiger partial charge < -0.3 is 19.7 Å². The molecule has 1 aliphatic rings. The van der Waals surface area contributed by atoms with Crippen molar-refractivity contribution in [2.45, 2.75) is 29.7 Å². The van der Waals surface area contributed by atoms with Gasteiger partial charge in [-0.3, -0.25) is 4.79 Å². The van der Waals surface area contributed by atoms with Crippen molar-refractivity contribution in [3.8, 4) is 11.5 Å². The molecule has 0 radical (unpaired) electrons. The largest absolute Gasteiger partial charge is 0.497 e. The number of amides is 1. The Morgan fingerprint density at radius 1 is 1.09 bits per heavy atom. The van der Waals surface area contributed by atoms with E-state index in [2.05, 4.69) is 51.4 Å². The van der Waals surface area contributed by atoms with Crippen molar-refractivity contribution in [2.75, 3.05) is 37.5 Å². The van der Waals surface area contributed by atoms with E-state index in [4.69, 9.17) is 9.47 Å². The monoisotopic (exact) mass is 464 g/mol. The average molecular weight is 465 g/mol. The Kier molecular flexibility index (Phi) is 7.34. The molecule has 7 nitrogen and oxygen atoms in total. The van der Waals surface area contributed by atoms with Crippen LogP contribution in [0.2, 0.25) is 0 Å². The molecule has 33 heavy (non-hydrogen) atoms. The van der Waals surface area contributed by atoms with Gasteiger partial charge in [-0.05, 0) is 44.0 Å². The quantitative estimate of drug-likeness (QED) is 0.538. The van der Waals surface area contributed by atoms with Crippen molar-refractivity contribution in [2.24, 2.45) is 5.92 Å². The number of nitrogens with zero attached hydrogens (tertiary/aromatic N) is 3. The number of anilines is 2. The minimum Gasteiger partial charge on any atom is -0.497 e. The van der Waals surface area contributed by atoms with Crippen LogP contribution in [0.3, 0.4) is 0 Å². The highest BCUT2D eigenvalue weighted by Gasteiger charge is 2.28. The number of aromatic nitrogens is 2. The summed E-state index contributed by atoms with van der Waals surface area (Å²) in [6.07, 6.45) is 5.15. The second-order valence-electron chi connectivity index (χ2n) is 7.94. The highest BCUT2D eigenvalue weighted by Crippen LogP contribution is 2.35. The first kappa shape index (κ1) is 22.9. The molecule has 1 atom stereocenters. The molecule has 1 aliphatic heterocycles. The molecule has 0 aliphatic carbocycles. The Morgan fingerprint density at radius 2 is 1.88 bits per heavy atom. The van der Waals surface area contributed by atoms with Gasteiger partial charge in [0.05, 0.1) is 25.8 Å². The number of carbonyl (C=O) groups excluding carboxylic acids is 1. The summed E-state index contributed by atoms with van der Waals surface area (Å²) in [5.41, 5.74) is 1.85. The molecule has 4 rings (SSSR count). The fourth-order valence-electron chi connectivity index (χ4n) is 3.84. The molecule has 172 valence electrons. The zero-order valence-electron chi connectivity index (χ0n) is 19.1. The maximum Gasteiger partial charge on any atom is 0.229 e. The number of benzene rings is 2. The number of carbonyl (C=O) groups is 1. The van der Waals surface area contributed by atoms with Gasteiger partial charge in [0.15, 0.2) is 5.82 Å². The SMILES string of the molecule is COc1ccc(NC(=O)C2CCCN(c3nccnc3Sc3ccc(C)cc3)C2)c(OC)c1. The maximum absolute atomic E-state index is 13.1. The smallest absolute Gasteiger partial charge is 0.229 e. The summed E-state index contributed by atoms with van der Waals surface area (Å²) in [4.78, 5) is 25.6. The van der Waals surface area contributed by atoms with E-state index < -0.39 is 0 Å². The minimum atomic E-state index is -0.162. The molecule has 1 saturated heterocycles. The summed E-state index contributed by atoms with van der Waals surface area (Å²) in [5.74, 6) is 1.88. The first-order chi connectivity index (χ1) is 16.1. The number of nitrogens with one attached hydrogen (secondary N) is 1. The van der Waals surface area contributed by atoms with Crippen LogP contribution in [0.5, 0.6) is 11.5 Å². The number of piperidine rings is 1. The van der Waals surface area contributed by atoms with E-state index in [0.717, 1.165) is 35.1 Å². The summed E-state index contributed by atoms with van der Waals surface area (Å²) in [6, 6.07) is 13.7. The van der Waals surface area contributed by atoms with Crippen molar-refractivity contribution >= 4 is 29.2 Å². The molecule has 2 heterocycles. The van der Waals surface area contributed by atoms with Crippen molar-refractivity contribution in [1.82, 2.24) is 9.97 Å². The van der Waals surface area contributed by atoms with Crippen LogP contribution in [0.1, 0.15) is 18.4 Å². The van der Waals surface area contributed by atoms with E-state index in [9.17, 15) is 4.79 Å². The molecule has 8 heteroatoms. The summed E-state index contributed by atoms with van der Waals surface area (Å²) < 4.78 is 10.7. The predicted molar refractivity (Wildman–Crippen MR) is 130 cm³/mol. The molecule has 1 N–H and O–H groups in total. The van der Waals surface area contributed by atoms with E-state index in [0.29, 0.717) is 23.7 Å². The molecule has 1 unspecified atom stereocenters. The molecular weight excluding hydrogens is 436 g/mol. The number of hydrogen-bond acceptors (Lipinski definition) is 7. The Balaban J connectivity index is 1.48. The number of ether oxygens (including phenoxy) is 2. The van der Waals surface area contributed by atoms with E-state index >= 15 is 0 Å². The summed E-state index contributed by atoms with van der Waals surface area (Å²) in [6.45, 7) is 3.50. The third kappa shape index (κ3) is 5.57. The molecular formula is C25H28N4O3S. The average Bonchev–Trinajstić information content (AvgIpc) is 2.86. The van der Waals surface area contributed by atoms with Gasteiger partial charge in [-0.1, -0.05) is 29.5 Å². The van der Waals surface area contributed by atoms with Gasteiger partial charge in [0, 0.05) is 36.4 Å². The first-order valence-electron chi connectivity index (χ1n) is 10.9. The number of hydrogen-bond donors (Lipinski definition) is 1. The lowest BCUT2D eigenvalue weighted by atomic mass is 9.97. The Hall–Kier alpha value is -3.26. The topological polar surface area (TPSA) is 76.6 Å². The number of aryl methyl sites for hydroxylation is 1. The van der Waals surface area contributed by atoms with Gasteiger partial charge in [-0.25, -0.2) is 9.97 Å². The molecule has 3 aromatic rings. The number of methoxy groups -OCH3 is 2. The van der Waals surface area contributed by atoms with Crippen LogP contribution in [0, 0.1) is 12.8 Å². The Bertz CT molecular complexity index is 1110. The summed E-state index contributed by atoms with van der Waals surface area (Å²) >= 11 is 1.59. The normalized spacial score (nSPS) is 15.7. The van der Waals surface area contributed by atoms with E-state index in [1.807, 2.05) is 0 Å². The molecule has 0 saturated carbocycles. The van der Waals surface area contributed by atoms with E-state index in [1.165, 1.54) is 5.56 Å². The highest BCUT2D eigenvalue weighted by molar-refractivity contribution is 7.99. The summed E-state index contributed by atoms with van der Waals surface area (Å²) in [5, 5.41) is 3.87. The zero-order valence-corrected chi connectivity index (χ0v) is 19.9. The summed E-state index contributed by atoms with van der Waals surface area (Å²) in [7, 11) is 3.18. The molecule has 1 fully saturated rings. The van der Waals surface area contributed by atoms with Crippen LogP contribution in [0.4, 0.5) is 11.5 Å². The van der Waals surface area contributed by atoms with Crippen LogP contribution in [-0.2, 0) is 4.79 Å². The van der Waals surface area contributed by atoms with Crippen LogP contribution in [0.25, 0.3) is 0 Å². The molecule has 0 spiro atoms. The van der Waals surface area contributed by atoms with Crippen LogP contribution >= 0.6 is 11.8 Å². The lowest BCUT2D eigenvalue weighted by molar-refractivity contribution is -0.120. The van der Waals surface area contributed by atoms with Gasteiger partial charge in [-0.2, -0.15) is 0 Å². The number of rotatable bonds is 7. The van der Waals surface area contributed by atoms with E-state index in [1.54, 1.807) is 56.6 Å². The zero-order chi connectivity index (χ0) is 23.2. The fraction of sp³-hybridized carbons (Fsp3) is 0.320. The highest BCUT2D eigenvalue weighted by atomic mass is 32.2. The lowest BCUT2D eigenvalue weighted by Crippen LogP contribution is -2.41. The van der Waals surface area contributed by atoms with Crippen molar-refractivity contribution < 1.29 is 14.3 Å². The molecule has 0 bridgehead atoms.